The molecule has 0 bridgehead atoms. The van der Waals surface area contributed by atoms with Crippen molar-refractivity contribution in [3.05, 3.63) is 35.9 Å². The van der Waals surface area contributed by atoms with Crippen molar-refractivity contribution in [2.24, 2.45) is 11.7 Å². The average molecular weight is 437 g/mol. The molecule has 10 heteroatoms. The summed E-state index contributed by atoms with van der Waals surface area (Å²) in [5.41, 5.74) is 5.97. The molecule has 1 aromatic rings. The Labute approximate surface area is 181 Å². The number of rotatable bonds is 12. The number of aliphatic hydroxyl groups is 1. The highest BCUT2D eigenvalue weighted by Crippen LogP contribution is 2.09. The van der Waals surface area contributed by atoms with Crippen LogP contribution in [0.15, 0.2) is 30.3 Å². The maximum absolute atomic E-state index is 12.8. The van der Waals surface area contributed by atoms with Crippen LogP contribution in [0, 0.1) is 5.92 Å². The lowest BCUT2D eigenvalue weighted by Crippen LogP contribution is -2.59. The summed E-state index contributed by atoms with van der Waals surface area (Å²) in [6, 6.07) is 5.29. The number of aliphatic hydroxyl groups excluding tert-OH is 1. The van der Waals surface area contributed by atoms with Crippen molar-refractivity contribution >= 4 is 23.7 Å². The lowest BCUT2D eigenvalue weighted by molar-refractivity contribution is -0.142. The number of amides is 3. The summed E-state index contributed by atoms with van der Waals surface area (Å²) in [5.74, 6) is -3.28. The van der Waals surface area contributed by atoms with Crippen LogP contribution in [-0.2, 0) is 25.6 Å². The molecule has 0 saturated heterocycles. The minimum absolute atomic E-state index is 0.00270. The fourth-order valence-electron chi connectivity index (χ4n) is 2.92. The monoisotopic (exact) mass is 436 g/mol. The van der Waals surface area contributed by atoms with Crippen LogP contribution in [0.25, 0.3) is 0 Å². The molecule has 7 N–H and O–H groups in total. The van der Waals surface area contributed by atoms with Gasteiger partial charge in [-0.3, -0.25) is 14.4 Å². The van der Waals surface area contributed by atoms with E-state index in [9.17, 15) is 29.4 Å². The Morgan fingerprint density at radius 2 is 1.52 bits per heavy atom. The molecule has 4 atom stereocenters. The van der Waals surface area contributed by atoms with Crippen LogP contribution < -0.4 is 21.7 Å². The molecule has 0 aliphatic carbocycles. The van der Waals surface area contributed by atoms with E-state index >= 15 is 0 Å². The van der Waals surface area contributed by atoms with Crippen molar-refractivity contribution < 1.29 is 29.4 Å². The molecule has 0 fully saturated rings. The van der Waals surface area contributed by atoms with Crippen LogP contribution in [-0.4, -0.2) is 64.7 Å². The first kappa shape index (κ1) is 26.1. The number of nitrogens with one attached hydrogen (secondary N) is 3. The van der Waals surface area contributed by atoms with E-state index in [1.54, 1.807) is 30.3 Å². The van der Waals surface area contributed by atoms with Gasteiger partial charge in [0.05, 0.1) is 12.6 Å². The van der Waals surface area contributed by atoms with Gasteiger partial charge in [-0.15, -0.1) is 0 Å². The fourth-order valence-corrected chi connectivity index (χ4v) is 2.92. The number of hydrogen-bond acceptors (Lipinski definition) is 6. The van der Waals surface area contributed by atoms with Gasteiger partial charge in [-0.25, -0.2) is 4.79 Å². The minimum Gasteiger partial charge on any atom is -0.480 e. The number of carbonyl (C=O) groups excluding carboxylic acids is 3. The zero-order chi connectivity index (χ0) is 23.6. The van der Waals surface area contributed by atoms with E-state index in [0.717, 1.165) is 5.56 Å². The Balaban J connectivity index is 2.94. The maximum Gasteiger partial charge on any atom is 0.326 e. The number of hydrogen-bond donors (Lipinski definition) is 6. The number of benzene rings is 1. The molecule has 0 radical (unpaired) electrons. The molecule has 3 amide bonds. The molecule has 0 aliphatic heterocycles. The Hall–Kier alpha value is -2.98. The third-order valence-corrected chi connectivity index (χ3v) is 4.50. The van der Waals surface area contributed by atoms with Crippen LogP contribution in [0.4, 0.5) is 0 Å². The Bertz CT molecular complexity index is 753. The summed E-state index contributed by atoms with van der Waals surface area (Å²) in [7, 11) is 0. The first-order valence-electron chi connectivity index (χ1n) is 10.1. The molecular formula is C21H32N4O6. The number of nitrogens with two attached hydrogens (primary N) is 1. The summed E-state index contributed by atoms with van der Waals surface area (Å²) in [5, 5.41) is 26.7. The second kappa shape index (κ2) is 12.7. The lowest BCUT2D eigenvalue weighted by atomic mass is 10.0. The third-order valence-electron chi connectivity index (χ3n) is 4.50. The molecule has 0 spiro atoms. The van der Waals surface area contributed by atoms with Gasteiger partial charge >= 0.3 is 5.97 Å². The number of aliphatic carboxylic acids is 1. The van der Waals surface area contributed by atoms with E-state index in [0.29, 0.717) is 0 Å². The smallest absolute Gasteiger partial charge is 0.326 e. The largest absolute Gasteiger partial charge is 0.480 e. The Morgan fingerprint density at radius 1 is 0.935 bits per heavy atom. The summed E-state index contributed by atoms with van der Waals surface area (Å²) >= 11 is 0. The number of carboxylic acid groups (broad SMARTS) is 1. The van der Waals surface area contributed by atoms with E-state index in [1.807, 2.05) is 13.8 Å². The highest BCUT2D eigenvalue weighted by Gasteiger charge is 2.31. The van der Waals surface area contributed by atoms with Crippen molar-refractivity contribution in [3.8, 4) is 0 Å². The van der Waals surface area contributed by atoms with Gasteiger partial charge in [0.25, 0.3) is 0 Å². The van der Waals surface area contributed by atoms with Crippen molar-refractivity contribution in [2.45, 2.75) is 57.8 Å². The van der Waals surface area contributed by atoms with Gasteiger partial charge in [0, 0.05) is 6.42 Å². The lowest BCUT2D eigenvalue weighted by Gasteiger charge is -2.26. The molecule has 0 aliphatic rings. The first-order valence-corrected chi connectivity index (χ1v) is 10.1. The second-order valence-corrected chi connectivity index (χ2v) is 7.77. The highest BCUT2D eigenvalue weighted by atomic mass is 16.4. The van der Waals surface area contributed by atoms with Gasteiger partial charge in [0.1, 0.15) is 18.1 Å². The zero-order valence-corrected chi connectivity index (χ0v) is 18.0. The van der Waals surface area contributed by atoms with E-state index < -0.39 is 47.9 Å². The molecule has 1 rings (SSSR count). The quantitative estimate of drug-likeness (QED) is 0.248. The first-order chi connectivity index (χ1) is 14.5. The molecular weight excluding hydrogens is 404 g/mol. The zero-order valence-electron chi connectivity index (χ0n) is 18.0. The fraction of sp³-hybridized carbons (Fsp3) is 0.524. The maximum atomic E-state index is 12.8. The summed E-state index contributed by atoms with van der Waals surface area (Å²) < 4.78 is 0. The van der Waals surface area contributed by atoms with Crippen molar-refractivity contribution in [1.82, 2.24) is 16.0 Å². The summed E-state index contributed by atoms with van der Waals surface area (Å²) in [6.07, 6.45) is -0.928. The molecule has 172 valence electrons. The number of carboxylic acids is 1. The van der Waals surface area contributed by atoms with Crippen molar-refractivity contribution in [3.63, 3.8) is 0 Å². The summed E-state index contributed by atoms with van der Waals surface area (Å²) in [4.78, 5) is 48.7. The molecule has 0 aromatic heterocycles. The molecule has 1 aromatic carbocycles. The van der Waals surface area contributed by atoms with Gasteiger partial charge in [-0.05, 0) is 24.8 Å². The van der Waals surface area contributed by atoms with Crippen molar-refractivity contribution in [2.75, 3.05) is 6.54 Å². The molecule has 31 heavy (non-hydrogen) atoms. The minimum atomic E-state index is -1.31. The Morgan fingerprint density at radius 3 is 2.00 bits per heavy atom. The van der Waals surface area contributed by atoms with Gasteiger partial charge in [-0.1, -0.05) is 44.2 Å². The predicted octanol–water partition coefficient (Wildman–Crippen LogP) is -0.846. The SMILES string of the molecule is CC(C)CC(NC(=O)C(NC(=O)CN)C(C)O)C(=O)NC(Cc1ccccc1)C(=O)O. The van der Waals surface area contributed by atoms with Crippen LogP contribution in [0.5, 0.6) is 0 Å². The molecule has 0 heterocycles. The van der Waals surface area contributed by atoms with Gasteiger partial charge in [-0.2, -0.15) is 0 Å². The predicted molar refractivity (Wildman–Crippen MR) is 114 cm³/mol. The molecule has 0 saturated carbocycles. The van der Waals surface area contributed by atoms with E-state index in [1.165, 1.54) is 6.92 Å². The van der Waals surface area contributed by atoms with E-state index in [-0.39, 0.29) is 25.3 Å². The van der Waals surface area contributed by atoms with Crippen LogP contribution in [0.1, 0.15) is 32.8 Å². The summed E-state index contributed by atoms with van der Waals surface area (Å²) in [6.45, 7) is 4.63. The highest BCUT2D eigenvalue weighted by molar-refractivity contribution is 5.93. The van der Waals surface area contributed by atoms with Gasteiger partial charge < -0.3 is 31.9 Å². The van der Waals surface area contributed by atoms with Gasteiger partial charge in [0.15, 0.2) is 0 Å². The van der Waals surface area contributed by atoms with E-state index in [4.69, 9.17) is 5.73 Å². The third kappa shape index (κ3) is 9.14. The van der Waals surface area contributed by atoms with Crippen LogP contribution >= 0.6 is 0 Å². The molecule has 4 unspecified atom stereocenters. The average Bonchev–Trinajstić information content (AvgIpc) is 2.70. The second-order valence-electron chi connectivity index (χ2n) is 7.77. The van der Waals surface area contributed by atoms with Gasteiger partial charge in [0.2, 0.25) is 17.7 Å². The van der Waals surface area contributed by atoms with Crippen molar-refractivity contribution in [1.29, 1.82) is 0 Å². The standard InChI is InChI=1S/C21H32N4O6/c1-12(2)9-15(23-20(29)18(13(3)26)25-17(27)11-22)19(28)24-16(21(30)31)10-14-7-5-4-6-8-14/h4-8,12-13,15-16,18,26H,9-11,22H2,1-3H3,(H,23,29)(H,24,28)(H,25,27)(H,30,31). The van der Waals surface area contributed by atoms with Crippen LogP contribution in [0.2, 0.25) is 0 Å². The van der Waals surface area contributed by atoms with E-state index in [2.05, 4.69) is 16.0 Å². The Kier molecular flexibility index (Phi) is 10.6. The number of carbonyl (C=O) groups is 4. The van der Waals surface area contributed by atoms with Crippen LogP contribution in [0.3, 0.4) is 0 Å². The normalized spacial score (nSPS) is 14.8. The topological polar surface area (TPSA) is 171 Å². The molecule has 10 nitrogen and oxygen atoms in total.